The van der Waals surface area contributed by atoms with Gasteiger partial charge in [0.15, 0.2) is 18.1 Å². The van der Waals surface area contributed by atoms with E-state index in [-0.39, 0.29) is 19.9 Å². The number of carbonyl (C=O) groups excluding carboxylic acids is 2. The smallest absolute Gasteiger partial charge is 0.331 e. The van der Waals surface area contributed by atoms with Crippen molar-refractivity contribution in [1.29, 1.82) is 5.26 Å². The summed E-state index contributed by atoms with van der Waals surface area (Å²) in [5, 5.41) is 11.4. The minimum atomic E-state index is -0.627. The quantitative estimate of drug-likeness (QED) is 0.623. The third kappa shape index (κ3) is 5.09. The van der Waals surface area contributed by atoms with Gasteiger partial charge in [0, 0.05) is 12.6 Å². The Balaban J connectivity index is 1.41. The molecule has 0 saturated carbocycles. The molecule has 0 aromatic heterocycles. The Hall–Kier alpha value is -3.79. The summed E-state index contributed by atoms with van der Waals surface area (Å²) in [6.45, 7) is 0.103. The molecule has 2 aromatic rings. The molecule has 1 aliphatic rings. The van der Waals surface area contributed by atoms with Gasteiger partial charge in [-0.15, -0.1) is 0 Å². The number of nitrogens with one attached hydrogen (secondary N) is 1. The summed E-state index contributed by atoms with van der Waals surface area (Å²) in [6.07, 6.45) is 2.78. The van der Waals surface area contributed by atoms with E-state index >= 15 is 0 Å². The van der Waals surface area contributed by atoms with Crippen molar-refractivity contribution in [2.75, 3.05) is 13.4 Å². The van der Waals surface area contributed by atoms with Gasteiger partial charge in [-0.3, -0.25) is 4.79 Å². The highest BCUT2D eigenvalue weighted by Crippen LogP contribution is 2.32. The Morgan fingerprint density at radius 2 is 1.93 bits per heavy atom. The normalized spacial score (nSPS) is 11.8. The molecular weight excluding hydrogens is 348 g/mol. The van der Waals surface area contributed by atoms with Crippen LogP contribution in [0.5, 0.6) is 11.5 Å². The zero-order chi connectivity index (χ0) is 19.1. The molecule has 7 nitrogen and oxygen atoms in total. The Morgan fingerprint density at radius 1 is 1.15 bits per heavy atom. The highest BCUT2D eigenvalue weighted by Gasteiger charge is 2.13. The zero-order valence-corrected chi connectivity index (χ0v) is 14.3. The molecule has 0 aliphatic carbocycles. The fourth-order valence-electron chi connectivity index (χ4n) is 2.32. The monoisotopic (exact) mass is 364 g/mol. The van der Waals surface area contributed by atoms with Crippen molar-refractivity contribution in [1.82, 2.24) is 5.32 Å². The van der Waals surface area contributed by atoms with E-state index in [9.17, 15) is 9.59 Å². The fourth-order valence-corrected chi connectivity index (χ4v) is 2.32. The lowest BCUT2D eigenvalue weighted by molar-refractivity contribution is -0.143. The molecule has 2 aromatic carbocycles. The number of nitrogens with zero attached hydrogens (tertiary/aromatic N) is 1. The third-order valence-corrected chi connectivity index (χ3v) is 3.72. The van der Waals surface area contributed by atoms with Crippen molar-refractivity contribution < 1.29 is 23.8 Å². The van der Waals surface area contributed by atoms with Crippen LogP contribution in [0.25, 0.3) is 6.08 Å². The lowest BCUT2D eigenvalue weighted by Gasteiger charge is -2.06. The molecule has 0 unspecified atom stereocenters. The van der Waals surface area contributed by atoms with Crippen molar-refractivity contribution in [2.24, 2.45) is 0 Å². The fraction of sp³-hybridized carbons (Fsp3) is 0.150. The summed E-state index contributed by atoms with van der Waals surface area (Å²) in [5.74, 6) is 0.277. The van der Waals surface area contributed by atoms with Gasteiger partial charge in [-0.2, -0.15) is 5.26 Å². The van der Waals surface area contributed by atoms with E-state index in [0.717, 1.165) is 11.1 Å². The first-order chi connectivity index (χ1) is 13.1. The number of esters is 1. The van der Waals surface area contributed by atoms with Gasteiger partial charge < -0.3 is 19.5 Å². The maximum atomic E-state index is 11.8. The minimum absolute atomic E-state index is 0.192. The second kappa shape index (κ2) is 8.54. The van der Waals surface area contributed by atoms with Crippen molar-refractivity contribution in [3.63, 3.8) is 0 Å². The molecular formula is C20H16N2O5. The van der Waals surface area contributed by atoms with Crippen LogP contribution in [0.3, 0.4) is 0 Å². The van der Waals surface area contributed by atoms with E-state index < -0.39 is 11.9 Å². The Bertz CT molecular complexity index is 913. The van der Waals surface area contributed by atoms with E-state index in [2.05, 4.69) is 5.32 Å². The SMILES string of the molecule is N#Cc1ccc(/C=C/C(=O)OCC(=O)NCc2ccc3c(c2)OCO3)cc1. The maximum Gasteiger partial charge on any atom is 0.331 e. The summed E-state index contributed by atoms with van der Waals surface area (Å²) in [4.78, 5) is 23.5. The summed E-state index contributed by atoms with van der Waals surface area (Å²) >= 11 is 0. The zero-order valence-electron chi connectivity index (χ0n) is 14.3. The summed E-state index contributed by atoms with van der Waals surface area (Å²) in [6, 6.07) is 14.1. The van der Waals surface area contributed by atoms with Gasteiger partial charge in [-0.05, 0) is 41.5 Å². The first-order valence-corrected chi connectivity index (χ1v) is 8.14. The second-order valence-electron chi connectivity index (χ2n) is 5.64. The van der Waals surface area contributed by atoms with Crippen LogP contribution in [0.2, 0.25) is 0 Å². The van der Waals surface area contributed by atoms with E-state index in [4.69, 9.17) is 19.5 Å². The highest BCUT2D eigenvalue weighted by molar-refractivity contribution is 5.89. The minimum Gasteiger partial charge on any atom is -0.454 e. The molecule has 0 atom stereocenters. The average molecular weight is 364 g/mol. The predicted octanol–water partition coefficient (Wildman–Crippen LogP) is 2.16. The molecule has 1 amide bonds. The molecule has 0 bridgehead atoms. The first kappa shape index (κ1) is 18.0. The Morgan fingerprint density at radius 3 is 2.70 bits per heavy atom. The molecule has 0 radical (unpaired) electrons. The van der Waals surface area contributed by atoms with Gasteiger partial charge in [-0.1, -0.05) is 18.2 Å². The number of hydrogen-bond donors (Lipinski definition) is 1. The number of hydrogen-bond acceptors (Lipinski definition) is 6. The number of carbonyl (C=O) groups is 2. The molecule has 7 heteroatoms. The molecule has 1 N–H and O–H groups in total. The maximum absolute atomic E-state index is 11.8. The van der Waals surface area contributed by atoms with Crippen molar-refractivity contribution >= 4 is 18.0 Å². The number of benzene rings is 2. The van der Waals surface area contributed by atoms with Crippen LogP contribution >= 0.6 is 0 Å². The summed E-state index contributed by atoms with van der Waals surface area (Å²) in [7, 11) is 0. The average Bonchev–Trinajstić information content (AvgIpc) is 3.17. The highest BCUT2D eigenvalue weighted by atomic mass is 16.7. The summed E-state index contributed by atoms with van der Waals surface area (Å²) in [5.41, 5.74) is 2.13. The van der Waals surface area contributed by atoms with Crippen LogP contribution in [0.15, 0.2) is 48.5 Å². The number of ether oxygens (including phenoxy) is 3. The third-order valence-electron chi connectivity index (χ3n) is 3.72. The van der Waals surface area contributed by atoms with Gasteiger partial charge in [0.2, 0.25) is 6.79 Å². The molecule has 0 spiro atoms. The van der Waals surface area contributed by atoms with E-state index in [0.29, 0.717) is 17.1 Å². The molecule has 0 saturated heterocycles. The Kier molecular flexibility index (Phi) is 5.70. The molecule has 27 heavy (non-hydrogen) atoms. The van der Waals surface area contributed by atoms with Gasteiger partial charge >= 0.3 is 5.97 Å². The molecule has 3 rings (SSSR count). The van der Waals surface area contributed by atoms with Gasteiger partial charge in [0.25, 0.3) is 5.91 Å². The molecule has 1 heterocycles. The van der Waals surface area contributed by atoms with Gasteiger partial charge in [0.05, 0.1) is 11.6 Å². The van der Waals surface area contributed by atoms with Crippen LogP contribution in [0.4, 0.5) is 0 Å². The predicted molar refractivity (Wildman–Crippen MR) is 95.6 cm³/mol. The van der Waals surface area contributed by atoms with E-state index in [1.165, 1.54) is 6.08 Å². The second-order valence-corrected chi connectivity index (χ2v) is 5.64. The number of rotatable bonds is 6. The largest absolute Gasteiger partial charge is 0.454 e. The van der Waals surface area contributed by atoms with Gasteiger partial charge in [0.1, 0.15) is 0 Å². The number of nitriles is 1. The molecule has 1 aliphatic heterocycles. The van der Waals surface area contributed by atoms with Crippen LogP contribution < -0.4 is 14.8 Å². The van der Waals surface area contributed by atoms with Crippen molar-refractivity contribution in [3.05, 3.63) is 65.2 Å². The van der Waals surface area contributed by atoms with E-state index in [1.54, 1.807) is 42.5 Å². The number of amides is 1. The molecule has 0 fully saturated rings. The lowest BCUT2D eigenvalue weighted by Crippen LogP contribution is -2.28. The van der Waals surface area contributed by atoms with Crippen molar-refractivity contribution in [2.45, 2.75) is 6.54 Å². The van der Waals surface area contributed by atoms with Crippen LogP contribution in [0.1, 0.15) is 16.7 Å². The lowest BCUT2D eigenvalue weighted by atomic mass is 10.1. The molecule has 136 valence electrons. The topological polar surface area (TPSA) is 97.7 Å². The van der Waals surface area contributed by atoms with E-state index in [1.807, 2.05) is 12.1 Å². The van der Waals surface area contributed by atoms with Crippen LogP contribution in [-0.2, 0) is 20.9 Å². The standard InChI is InChI=1S/C20H16N2O5/c21-10-15-3-1-14(2-4-15)6-8-20(24)25-12-19(23)22-11-16-5-7-17-18(9-16)27-13-26-17/h1-9H,11-13H2,(H,22,23)/b8-6+. The number of fused-ring (bicyclic) bond motifs is 1. The first-order valence-electron chi connectivity index (χ1n) is 8.14. The van der Waals surface area contributed by atoms with Crippen LogP contribution in [0, 0.1) is 11.3 Å². The summed E-state index contributed by atoms with van der Waals surface area (Å²) < 4.78 is 15.4. The van der Waals surface area contributed by atoms with Crippen LogP contribution in [-0.4, -0.2) is 25.3 Å². The Labute approximate surface area is 155 Å². The van der Waals surface area contributed by atoms with Crippen molar-refractivity contribution in [3.8, 4) is 17.6 Å². The van der Waals surface area contributed by atoms with Gasteiger partial charge in [-0.25, -0.2) is 4.79 Å².